The standard InChI is InChI=1S/C19H16N4O3/c20-18(24)17-11-22(14-8-4-5-9-16(14)26-17)19(25)15-10-21-12-23(15)13-6-2-1-3-7-13/h1-10,12,17H,11H2,(H2,20,24)/t17-/m1/s1. The van der Waals surface area contributed by atoms with Crippen LogP contribution in [0.15, 0.2) is 67.1 Å². The Morgan fingerprint density at radius 3 is 2.58 bits per heavy atom. The van der Waals surface area contributed by atoms with Gasteiger partial charge in [0.1, 0.15) is 11.4 Å². The van der Waals surface area contributed by atoms with Gasteiger partial charge in [-0.25, -0.2) is 4.98 Å². The highest BCUT2D eigenvalue weighted by Gasteiger charge is 2.34. The van der Waals surface area contributed by atoms with E-state index in [1.54, 1.807) is 29.1 Å². The highest BCUT2D eigenvalue weighted by Crippen LogP contribution is 2.34. The van der Waals surface area contributed by atoms with E-state index in [2.05, 4.69) is 4.98 Å². The Labute approximate surface area is 149 Å². The molecule has 0 saturated heterocycles. The molecule has 1 aliphatic heterocycles. The summed E-state index contributed by atoms with van der Waals surface area (Å²) in [6.45, 7) is 0.0468. The molecule has 0 bridgehead atoms. The Kier molecular flexibility index (Phi) is 3.89. The van der Waals surface area contributed by atoms with E-state index in [-0.39, 0.29) is 12.5 Å². The third-order valence-electron chi connectivity index (χ3n) is 4.23. The molecule has 0 unspecified atom stereocenters. The number of nitrogens with zero attached hydrogens (tertiary/aromatic N) is 3. The van der Waals surface area contributed by atoms with Gasteiger partial charge in [0, 0.05) is 5.69 Å². The van der Waals surface area contributed by atoms with Crippen LogP contribution in [0.2, 0.25) is 0 Å². The van der Waals surface area contributed by atoms with Gasteiger partial charge in [-0.05, 0) is 24.3 Å². The van der Waals surface area contributed by atoms with Crippen LogP contribution in [-0.4, -0.2) is 34.0 Å². The molecule has 0 fully saturated rings. The summed E-state index contributed by atoms with van der Waals surface area (Å²) in [7, 11) is 0. The average Bonchev–Trinajstić information content (AvgIpc) is 3.17. The van der Waals surface area contributed by atoms with Crippen molar-refractivity contribution in [1.29, 1.82) is 0 Å². The predicted molar refractivity (Wildman–Crippen MR) is 95.3 cm³/mol. The number of benzene rings is 2. The van der Waals surface area contributed by atoms with E-state index in [9.17, 15) is 9.59 Å². The van der Waals surface area contributed by atoms with Crippen molar-refractivity contribution in [2.45, 2.75) is 6.10 Å². The maximum Gasteiger partial charge on any atom is 0.277 e. The summed E-state index contributed by atoms with van der Waals surface area (Å²) < 4.78 is 7.32. The van der Waals surface area contributed by atoms with Crippen molar-refractivity contribution in [2.75, 3.05) is 11.4 Å². The van der Waals surface area contributed by atoms with Crippen LogP contribution < -0.4 is 15.4 Å². The molecule has 0 spiro atoms. The summed E-state index contributed by atoms with van der Waals surface area (Å²) in [5, 5.41) is 0. The molecule has 0 radical (unpaired) electrons. The maximum absolute atomic E-state index is 13.2. The van der Waals surface area contributed by atoms with E-state index in [0.717, 1.165) is 5.69 Å². The van der Waals surface area contributed by atoms with Gasteiger partial charge in [-0.3, -0.25) is 19.1 Å². The van der Waals surface area contributed by atoms with Gasteiger partial charge in [0.25, 0.3) is 11.8 Å². The lowest BCUT2D eigenvalue weighted by Crippen LogP contribution is -2.49. The fraction of sp³-hybridized carbons (Fsp3) is 0.105. The topological polar surface area (TPSA) is 90.5 Å². The number of anilines is 1. The summed E-state index contributed by atoms with van der Waals surface area (Å²) in [6.07, 6.45) is 2.19. The first kappa shape index (κ1) is 15.9. The van der Waals surface area contributed by atoms with Crippen molar-refractivity contribution in [2.24, 2.45) is 5.73 Å². The van der Waals surface area contributed by atoms with Crippen molar-refractivity contribution in [3.05, 3.63) is 72.8 Å². The number of primary amides is 1. The van der Waals surface area contributed by atoms with Crippen molar-refractivity contribution in [3.8, 4) is 11.4 Å². The number of amides is 2. The average molecular weight is 348 g/mol. The summed E-state index contributed by atoms with van der Waals surface area (Å²) in [4.78, 5) is 30.5. The van der Waals surface area contributed by atoms with Gasteiger partial charge in [0.15, 0.2) is 6.10 Å². The van der Waals surface area contributed by atoms with Gasteiger partial charge in [0.2, 0.25) is 0 Å². The van der Waals surface area contributed by atoms with Gasteiger partial charge in [0.05, 0.1) is 24.8 Å². The molecule has 130 valence electrons. The number of hydrogen-bond acceptors (Lipinski definition) is 4. The molecule has 2 amide bonds. The van der Waals surface area contributed by atoms with E-state index >= 15 is 0 Å². The molecule has 26 heavy (non-hydrogen) atoms. The highest BCUT2D eigenvalue weighted by atomic mass is 16.5. The Balaban J connectivity index is 1.75. The number of aromatic nitrogens is 2. The van der Waals surface area contributed by atoms with Gasteiger partial charge < -0.3 is 10.5 Å². The second kappa shape index (κ2) is 6.36. The number of carbonyl (C=O) groups excluding carboxylic acids is 2. The second-order valence-corrected chi connectivity index (χ2v) is 5.88. The molecule has 0 saturated carbocycles. The fourth-order valence-corrected chi connectivity index (χ4v) is 2.96. The number of imidazole rings is 1. The predicted octanol–water partition coefficient (Wildman–Crippen LogP) is 1.77. The van der Waals surface area contributed by atoms with Crippen LogP contribution in [0, 0.1) is 0 Å². The van der Waals surface area contributed by atoms with Crippen LogP contribution in [0.5, 0.6) is 5.75 Å². The Bertz CT molecular complexity index is 968. The molecular formula is C19H16N4O3. The minimum Gasteiger partial charge on any atom is -0.477 e. The lowest BCUT2D eigenvalue weighted by Gasteiger charge is -2.33. The van der Waals surface area contributed by atoms with Gasteiger partial charge in [-0.2, -0.15) is 0 Å². The van der Waals surface area contributed by atoms with Gasteiger partial charge in [-0.15, -0.1) is 0 Å². The van der Waals surface area contributed by atoms with Crippen LogP contribution in [0.3, 0.4) is 0 Å². The zero-order valence-corrected chi connectivity index (χ0v) is 13.8. The number of carbonyl (C=O) groups is 2. The largest absolute Gasteiger partial charge is 0.477 e. The van der Waals surface area contributed by atoms with E-state index in [1.165, 1.54) is 11.1 Å². The zero-order valence-electron chi connectivity index (χ0n) is 13.8. The lowest BCUT2D eigenvalue weighted by atomic mass is 10.1. The fourth-order valence-electron chi connectivity index (χ4n) is 2.96. The van der Waals surface area contributed by atoms with Crippen LogP contribution in [0.1, 0.15) is 10.5 Å². The Hall–Kier alpha value is -3.61. The van der Waals surface area contributed by atoms with Crippen molar-refractivity contribution in [3.63, 3.8) is 0 Å². The van der Waals surface area contributed by atoms with E-state index in [4.69, 9.17) is 10.5 Å². The summed E-state index contributed by atoms with van der Waals surface area (Å²) in [5.41, 5.74) is 7.21. The first-order chi connectivity index (χ1) is 12.6. The van der Waals surface area contributed by atoms with Crippen molar-refractivity contribution >= 4 is 17.5 Å². The normalized spacial score (nSPS) is 15.8. The maximum atomic E-state index is 13.2. The molecule has 7 heteroatoms. The Morgan fingerprint density at radius 2 is 1.81 bits per heavy atom. The third kappa shape index (κ3) is 2.69. The SMILES string of the molecule is NC(=O)[C@H]1CN(C(=O)c2cncn2-c2ccccc2)c2ccccc2O1. The molecule has 1 aromatic heterocycles. The van der Waals surface area contributed by atoms with Gasteiger partial charge in [-0.1, -0.05) is 30.3 Å². The smallest absolute Gasteiger partial charge is 0.277 e. The molecule has 3 aromatic rings. The number of ether oxygens (including phenoxy) is 1. The first-order valence-corrected chi connectivity index (χ1v) is 8.10. The summed E-state index contributed by atoms with van der Waals surface area (Å²) in [6, 6.07) is 16.5. The van der Waals surface area contributed by atoms with Crippen LogP contribution in [0.25, 0.3) is 5.69 Å². The van der Waals surface area contributed by atoms with Crippen LogP contribution >= 0.6 is 0 Å². The van der Waals surface area contributed by atoms with E-state index in [1.807, 2.05) is 36.4 Å². The van der Waals surface area contributed by atoms with Crippen LogP contribution in [-0.2, 0) is 4.79 Å². The summed E-state index contributed by atoms with van der Waals surface area (Å²) in [5.74, 6) is -0.455. The monoisotopic (exact) mass is 348 g/mol. The minimum absolute atomic E-state index is 0.0468. The molecule has 0 aliphatic carbocycles. The molecular weight excluding hydrogens is 332 g/mol. The second-order valence-electron chi connectivity index (χ2n) is 5.88. The van der Waals surface area contributed by atoms with Gasteiger partial charge >= 0.3 is 0 Å². The molecule has 1 aliphatic rings. The molecule has 7 nitrogen and oxygen atoms in total. The Morgan fingerprint density at radius 1 is 1.08 bits per heavy atom. The summed E-state index contributed by atoms with van der Waals surface area (Å²) >= 11 is 0. The van der Waals surface area contributed by atoms with Crippen molar-refractivity contribution < 1.29 is 14.3 Å². The number of rotatable bonds is 3. The third-order valence-corrected chi connectivity index (χ3v) is 4.23. The zero-order chi connectivity index (χ0) is 18.1. The first-order valence-electron chi connectivity index (χ1n) is 8.10. The van der Waals surface area contributed by atoms with Crippen LogP contribution in [0.4, 0.5) is 5.69 Å². The highest BCUT2D eigenvalue weighted by molar-refractivity contribution is 6.07. The number of fused-ring (bicyclic) bond motifs is 1. The molecule has 2 aromatic carbocycles. The molecule has 1 atom stereocenters. The quantitative estimate of drug-likeness (QED) is 0.781. The molecule has 2 heterocycles. The molecule has 4 rings (SSSR count). The van der Waals surface area contributed by atoms with E-state index in [0.29, 0.717) is 17.1 Å². The minimum atomic E-state index is -0.901. The van der Waals surface area contributed by atoms with E-state index < -0.39 is 12.0 Å². The number of hydrogen-bond donors (Lipinski definition) is 1. The van der Waals surface area contributed by atoms with Crippen molar-refractivity contribution in [1.82, 2.24) is 9.55 Å². The molecule has 2 N–H and O–H groups in total. The number of para-hydroxylation sites is 3. The lowest BCUT2D eigenvalue weighted by molar-refractivity contribution is -0.124. The number of nitrogens with two attached hydrogens (primary N) is 1.